The predicted octanol–water partition coefficient (Wildman–Crippen LogP) is 3.07. The van der Waals surface area contributed by atoms with E-state index in [1.165, 1.54) is 0 Å². The molecule has 0 radical (unpaired) electrons. The van der Waals surface area contributed by atoms with Crippen molar-refractivity contribution in [2.75, 3.05) is 44.0 Å². The van der Waals surface area contributed by atoms with Crippen LogP contribution in [0.3, 0.4) is 0 Å². The molecule has 8 heteroatoms. The second-order valence-electron chi connectivity index (χ2n) is 6.80. The van der Waals surface area contributed by atoms with Crippen molar-refractivity contribution in [2.45, 2.75) is 19.8 Å². The van der Waals surface area contributed by atoms with Crippen LogP contribution in [0.2, 0.25) is 0 Å². The number of ether oxygens (including phenoxy) is 2. The maximum absolute atomic E-state index is 12.2. The van der Waals surface area contributed by atoms with Crippen molar-refractivity contribution < 1.29 is 23.9 Å². The quantitative estimate of drug-likeness (QED) is 0.355. The molecular weight excluding hydrogens is 398 g/mol. The first-order valence-corrected chi connectivity index (χ1v) is 10.2. The van der Waals surface area contributed by atoms with Crippen LogP contribution < -0.4 is 16.0 Å². The Morgan fingerprint density at radius 3 is 2.42 bits per heavy atom. The molecule has 0 aliphatic heterocycles. The number of benzene rings is 2. The Morgan fingerprint density at radius 2 is 1.71 bits per heavy atom. The third-order valence-electron chi connectivity index (χ3n) is 4.23. The van der Waals surface area contributed by atoms with Crippen molar-refractivity contribution in [1.29, 1.82) is 0 Å². The number of carbonyl (C=O) groups is 3. The summed E-state index contributed by atoms with van der Waals surface area (Å²) >= 11 is 0. The van der Waals surface area contributed by atoms with E-state index in [2.05, 4.69) is 16.0 Å². The Hall–Kier alpha value is -3.39. The lowest BCUT2D eigenvalue weighted by atomic mass is 10.2. The molecule has 0 bridgehead atoms. The Kier molecular flexibility index (Phi) is 10.0. The summed E-state index contributed by atoms with van der Waals surface area (Å²) in [5, 5.41) is 8.58. The van der Waals surface area contributed by atoms with Crippen LogP contribution in [0.4, 0.5) is 11.4 Å². The average Bonchev–Trinajstić information content (AvgIpc) is 2.79. The number of rotatable bonds is 12. The van der Waals surface area contributed by atoms with Gasteiger partial charge in [0.2, 0.25) is 5.91 Å². The zero-order chi connectivity index (χ0) is 22.5. The van der Waals surface area contributed by atoms with Gasteiger partial charge in [-0.3, -0.25) is 9.59 Å². The molecule has 166 valence electrons. The standard InChI is InChI=1S/C23H29N3O5/c1-3-13-31-23(29)17-8-10-19(11-9-17)26-21(27)16-25-20-7-4-6-18(15-20)22(28)24-12-5-14-30-2/h4,6-11,15,25H,3,5,12-14,16H2,1-2H3,(H,24,28)(H,26,27). The first kappa shape index (κ1) is 23.9. The van der Waals surface area contributed by atoms with E-state index in [4.69, 9.17) is 9.47 Å². The molecule has 8 nitrogen and oxygen atoms in total. The lowest BCUT2D eigenvalue weighted by Gasteiger charge is -2.10. The van der Waals surface area contributed by atoms with Gasteiger partial charge in [-0.2, -0.15) is 0 Å². The summed E-state index contributed by atoms with van der Waals surface area (Å²) in [5.41, 5.74) is 2.17. The molecule has 0 heterocycles. The van der Waals surface area contributed by atoms with Crippen LogP contribution in [-0.2, 0) is 14.3 Å². The van der Waals surface area contributed by atoms with Gasteiger partial charge >= 0.3 is 5.97 Å². The Morgan fingerprint density at radius 1 is 0.935 bits per heavy atom. The summed E-state index contributed by atoms with van der Waals surface area (Å²) in [6.07, 6.45) is 1.50. The first-order chi connectivity index (χ1) is 15.0. The molecule has 2 aromatic carbocycles. The number of amides is 2. The summed E-state index contributed by atoms with van der Waals surface area (Å²) in [7, 11) is 1.62. The van der Waals surface area contributed by atoms with Crippen molar-refractivity contribution in [2.24, 2.45) is 0 Å². The number of carbonyl (C=O) groups excluding carboxylic acids is 3. The molecule has 0 saturated heterocycles. The van der Waals surface area contributed by atoms with E-state index in [0.717, 1.165) is 12.8 Å². The van der Waals surface area contributed by atoms with Gasteiger partial charge in [-0.1, -0.05) is 13.0 Å². The Balaban J connectivity index is 1.82. The fraction of sp³-hybridized carbons (Fsp3) is 0.348. The zero-order valence-corrected chi connectivity index (χ0v) is 17.9. The second-order valence-corrected chi connectivity index (χ2v) is 6.80. The third kappa shape index (κ3) is 8.47. The molecule has 0 unspecified atom stereocenters. The predicted molar refractivity (Wildman–Crippen MR) is 119 cm³/mol. The third-order valence-corrected chi connectivity index (χ3v) is 4.23. The van der Waals surface area contributed by atoms with E-state index in [0.29, 0.717) is 42.3 Å². The summed E-state index contributed by atoms with van der Waals surface area (Å²) in [6.45, 7) is 3.44. The van der Waals surface area contributed by atoms with Crippen LogP contribution in [0.15, 0.2) is 48.5 Å². The van der Waals surface area contributed by atoms with Gasteiger partial charge in [0.25, 0.3) is 5.91 Å². The maximum Gasteiger partial charge on any atom is 0.338 e. The van der Waals surface area contributed by atoms with E-state index >= 15 is 0 Å². The minimum atomic E-state index is -0.385. The summed E-state index contributed by atoms with van der Waals surface area (Å²) in [5.74, 6) is -0.818. The second kappa shape index (κ2) is 13.0. The van der Waals surface area contributed by atoms with Crippen LogP contribution in [0.5, 0.6) is 0 Å². The highest BCUT2D eigenvalue weighted by molar-refractivity contribution is 5.96. The average molecular weight is 428 g/mol. The van der Waals surface area contributed by atoms with Gasteiger partial charge in [-0.05, 0) is 55.3 Å². The molecule has 0 aliphatic carbocycles. The van der Waals surface area contributed by atoms with Crippen molar-refractivity contribution in [3.63, 3.8) is 0 Å². The normalized spacial score (nSPS) is 10.3. The molecule has 0 spiro atoms. The number of nitrogens with one attached hydrogen (secondary N) is 3. The SMILES string of the molecule is CCCOC(=O)c1ccc(NC(=O)CNc2cccc(C(=O)NCCCOC)c2)cc1. The van der Waals surface area contributed by atoms with Gasteiger partial charge < -0.3 is 25.4 Å². The molecule has 3 N–H and O–H groups in total. The van der Waals surface area contributed by atoms with E-state index in [1.807, 2.05) is 6.92 Å². The summed E-state index contributed by atoms with van der Waals surface area (Å²) < 4.78 is 10.0. The Bertz CT molecular complexity index is 868. The molecule has 31 heavy (non-hydrogen) atoms. The molecule has 0 aromatic heterocycles. The molecule has 0 atom stereocenters. The maximum atomic E-state index is 12.2. The van der Waals surface area contributed by atoms with Crippen LogP contribution in [0.1, 0.15) is 40.5 Å². The lowest BCUT2D eigenvalue weighted by molar-refractivity contribution is -0.114. The van der Waals surface area contributed by atoms with Gasteiger partial charge in [0.1, 0.15) is 0 Å². The van der Waals surface area contributed by atoms with E-state index < -0.39 is 0 Å². The van der Waals surface area contributed by atoms with Gasteiger partial charge in [0.15, 0.2) is 0 Å². The number of hydrogen-bond acceptors (Lipinski definition) is 6. The van der Waals surface area contributed by atoms with E-state index in [1.54, 1.807) is 55.6 Å². The van der Waals surface area contributed by atoms with Gasteiger partial charge in [0.05, 0.1) is 18.7 Å². The van der Waals surface area contributed by atoms with Crippen molar-refractivity contribution in [3.05, 3.63) is 59.7 Å². The number of hydrogen-bond donors (Lipinski definition) is 3. The largest absolute Gasteiger partial charge is 0.462 e. The molecule has 2 amide bonds. The first-order valence-electron chi connectivity index (χ1n) is 10.2. The van der Waals surface area contributed by atoms with E-state index in [-0.39, 0.29) is 24.3 Å². The van der Waals surface area contributed by atoms with Crippen LogP contribution in [0, 0.1) is 0 Å². The summed E-state index contributed by atoms with van der Waals surface area (Å²) in [4.78, 5) is 36.2. The highest BCUT2D eigenvalue weighted by Crippen LogP contribution is 2.12. The van der Waals surface area contributed by atoms with E-state index in [9.17, 15) is 14.4 Å². The Labute approximate surface area is 182 Å². The lowest BCUT2D eigenvalue weighted by Crippen LogP contribution is -2.25. The molecule has 0 aliphatic rings. The van der Waals surface area contributed by atoms with Gasteiger partial charge in [-0.25, -0.2) is 4.79 Å². The van der Waals surface area contributed by atoms with Crippen LogP contribution in [-0.4, -0.2) is 51.2 Å². The van der Waals surface area contributed by atoms with Crippen molar-refractivity contribution in [3.8, 4) is 0 Å². The van der Waals surface area contributed by atoms with Gasteiger partial charge in [-0.15, -0.1) is 0 Å². The molecule has 0 fully saturated rings. The fourth-order valence-electron chi connectivity index (χ4n) is 2.65. The minimum absolute atomic E-state index is 0.0270. The minimum Gasteiger partial charge on any atom is -0.462 e. The zero-order valence-electron chi connectivity index (χ0n) is 17.9. The fourth-order valence-corrected chi connectivity index (χ4v) is 2.65. The number of esters is 1. The summed E-state index contributed by atoms with van der Waals surface area (Å²) in [6, 6.07) is 13.4. The number of anilines is 2. The highest BCUT2D eigenvalue weighted by atomic mass is 16.5. The molecule has 2 rings (SSSR count). The smallest absolute Gasteiger partial charge is 0.338 e. The molecule has 0 saturated carbocycles. The number of methoxy groups -OCH3 is 1. The monoisotopic (exact) mass is 427 g/mol. The van der Waals surface area contributed by atoms with Crippen LogP contribution in [0.25, 0.3) is 0 Å². The highest BCUT2D eigenvalue weighted by Gasteiger charge is 2.09. The van der Waals surface area contributed by atoms with Gasteiger partial charge in [0, 0.05) is 37.2 Å². The van der Waals surface area contributed by atoms with Crippen LogP contribution >= 0.6 is 0 Å². The molecular formula is C23H29N3O5. The topological polar surface area (TPSA) is 106 Å². The van der Waals surface area contributed by atoms with Crippen molar-refractivity contribution in [1.82, 2.24) is 5.32 Å². The van der Waals surface area contributed by atoms with Crippen molar-refractivity contribution >= 4 is 29.2 Å². The molecule has 2 aromatic rings.